The van der Waals surface area contributed by atoms with Gasteiger partial charge in [-0.3, -0.25) is 0 Å². The van der Waals surface area contributed by atoms with Gasteiger partial charge in [0.05, 0.1) is 0 Å². The van der Waals surface area contributed by atoms with E-state index < -0.39 is 0 Å². The molecule has 1 aromatic rings. The summed E-state index contributed by atoms with van der Waals surface area (Å²) in [5.74, 6) is 2.04. The van der Waals surface area contributed by atoms with E-state index in [1.165, 1.54) is 37.3 Å². The SMILES string of the molecule is CC(C)Cc1cnc2n1CCC2. The molecule has 0 atom stereocenters. The molecule has 0 fully saturated rings. The predicted octanol–water partition coefficient (Wildman–Crippen LogP) is 2.03. The Bertz CT molecular complexity index is 273. The van der Waals surface area contributed by atoms with Gasteiger partial charge in [-0.1, -0.05) is 13.8 Å². The van der Waals surface area contributed by atoms with Gasteiger partial charge in [0.1, 0.15) is 5.82 Å². The molecule has 0 saturated heterocycles. The quantitative estimate of drug-likeness (QED) is 0.654. The topological polar surface area (TPSA) is 17.8 Å². The smallest absolute Gasteiger partial charge is 0.108 e. The van der Waals surface area contributed by atoms with Crippen molar-refractivity contribution in [1.29, 1.82) is 0 Å². The molecule has 66 valence electrons. The summed E-state index contributed by atoms with van der Waals surface area (Å²) >= 11 is 0. The highest BCUT2D eigenvalue weighted by Gasteiger charge is 2.15. The first-order valence-corrected chi connectivity index (χ1v) is 4.80. The van der Waals surface area contributed by atoms with Gasteiger partial charge in [0.2, 0.25) is 0 Å². The lowest BCUT2D eigenvalue weighted by atomic mass is 10.1. The minimum absolute atomic E-state index is 0.742. The maximum Gasteiger partial charge on any atom is 0.108 e. The molecule has 0 amide bonds. The molecule has 0 aliphatic carbocycles. The summed E-state index contributed by atoms with van der Waals surface area (Å²) in [5.41, 5.74) is 1.43. The molecule has 2 heteroatoms. The zero-order valence-corrected chi connectivity index (χ0v) is 7.88. The van der Waals surface area contributed by atoms with Crippen LogP contribution in [0.25, 0.3) is 0 Å². The number of hydrogen-bond acceptors (Lipinski definition) is 1. The molecular weight excluding hydrogens is 148 g/mol. The number of nitrogens with zero attached hydrogens (tertiary/aromatic N) is 2. The summed E-state index contributed by atoms with van der Waals surface area (Å²) < 4.78 is 2.39. The third-order valence-corrected chi connectivity index (χ3v) is 2.42. The molecule has 0 radical (unpaired) electrons. The average Bonchev–Trinajstić information content (AvgIpc) is 2.52. The molecule has 0 saturated carbocycles. The second kappa shape index (κ2) is 2.92. The zero-order valence-electron chi connectivity index (χ0n) is 7.88. The second-order valence-corrected chi connectivity index (χ2v) is 4.02. The Morgan fingerprint density at radius 2 is 2.42 bits per heavy atom. The largest absolute Gasteiger partial charge is 0.332 e. The zero-order chi connectivity index (χ0) is 8.55. The van der Waals surface area contributed by atoms with E-state index in [0.717, 1.165) is 5.92 Å². The van der Waals surface area contributed by atoms with Gasteiger partial charge >= 0.3 is 0 Å². The fourth-order valence-corrected chi connectivity index (χ4v) is 1.90. The Morgan fingerprint density at radius 3 is 3.17 bits per heavy atom. The number of imidazole rings is 1. The molecule has 12 heavy (non-hydrogen) atoms. The van der Waals surface area contributed by atoms with Crippen LogP contribution < -0.4 is 0 Å². The monoisotopic (exact) mass is 164 g/mol. The maximum atomic E-state index is 4.41. The third-order valence-electron chi connectivity index (χ3n) is 2.42. The number of fused-ring (bicyclic) bond motifs is 1. The molecule has 0 N–H and O–H groups in total. The Balaban J connectivity index is 2.22. The van der Waals surface area contributed by atoms with Crippen molar-refractivity contribution in [2.75, 3.05) is 0 Å². The summed E-state index contributed by atoms with van der Waals surface area (Å²) in [5, 5.41) is 0. The van der Waals surface area contributed by atoms with Gasteiger partial charge in [-0.05, 0) is 18.8 Å². The Morgan fingerprint density at radius 1 is 1.58 bits per heavy atom. The summed E-state index contributed by atoms with van der Waals surface area (Å²) in [7, 11) is 0. The third kappa shape index (κ3) is 1.26. The fraction of sp³-hybridized carbons (Fsp3) is 0.700. The van der Waals surface area contributed by atoms with Crippen molar-refractivity contribution >= 4 is 0 Å². The van der Waals surface area contributed by atoms with E-state index in [9.17, 15) is 0 Å². The average molecular weight is 164 g/mol. The van der Waals surface area contributed by atoms with Crippen molar-refractivity contribution in [3.8, 4) is 0 Å². The van der Waals surface area contributed by atoms with Crippen molar-refractivity contribution in [2.45, 2.75) is 39.7 Å². The van der Waals surface area contributed by atoms with Gasteiger partial charge in [0.15, 0.2) is 0 Å². The van der Waals surface area contributed by atoms with Crippen LogP contribution in [0.4, 0.5) is 0 Å². The fourth-order valence-electron chi connectivity index (χ4n) is 1.90. The summed E-state index contributed by atoms with van der Waals surface area (Å²) in [6.45, 7) is 5.71. The van der Waals surface area contributed by atoms with E-state index in [4.69, 9.17) is 0 Å². The highest BCUT2D eigenvalue weighted by Crippen LogP contribution is 2.18. The van der Waals surface area contributed by atoms with Gasteiger partial charge < -0.3 is 4.57 Å². The van der Waals surface area contributed by atoms with Crippen LogP contribution in [0.15, 0.2) is 6.20 Å². The lowest BCUT2D eigenvalue weighted by Gasteiger charge is -2.06. The first kappa shape index (κ1) is 7.84. The van der Waals surface area contributed by atoms with Crippen molar-refractivity contribution in [1.82, 2.24) is 9.55 Å². The normalized spacial score (nSPS) is 15.6. The maximum absolute atomic E-state index is 4.41. The molecule has 2 heterocycles. The molecule has 0 unspecified atom stereocenters. The Hall–Kier alpha value is -0.790. The molecule has 0 bridgehead atoms. The second-order valence-electron chi connectivity index (χ2n) is 4.02. The van der Waals surface area contributed by atoms with Crippen molar-refractivity contribution < 1.29 is 0 Å². The molecule has 1 aliphatic rings. The number of rotatable bonds is 2. The Labute approximate surface area is 73.6 Å². The lowest BCUT2D eigenvalue weighted by molar-refractivity contribution is 0.598. The minimum Gasteiger partial charge on any atom is -0.332 e. The van der Waals surface area contributed by atoms with Crippen molar-refractivity contribution in [3.63, 3.8) is 0 Å². The lowest BCUT2D eigenvalue weighted by Crippen LogP contribution is -2.03. The van der Waals surface area contributed by atoms with E-state index in [-0.39, 0.29) is 0 Å². The minimum atomic E-state index is 0.742. The molecule has 1 aromatic heterocycles. The van der Waals surface area contributed by atoms with Gasteiger partial charge in [0.25, 0.3) is 0 Å². The van der Waals surface area contributed by atoms with E-state index in [2.05, 4.69) is 29.6 Å². The molecular formula is C10H16N2. The summed E-state index contributed by atoms with van der Waals surface area (Å²) in [4.78, 5) is 4.41. The molecule has 2 nitrogen and oxygen atoms in total. The molecule has 1 aliphatic heterocycles. The molecule has 0 aromatic carbocycles. The highest BCUT2D eigenvalue weighted by molar-refractivity contribution is 5.09. The number of aryl methyl sites for hydroxylation is 1. The first-order valence-electron chi connectivity index (χ1n) is 4.80. The van der Waals surface area contributed by atoms with Crippen LogP contribution in [-0.2, 0) is 19.4 Å². The highest BCUT2D eigenvalue weighted by atomic mass is 15.1. The first-order chi connectivity index (χ1) is 5.77. The van der Waals surface area contributed by atoms with Crippen LogP contribution >= 0.6 is 0 Å². The van der Waals surface area contributed by atoms with Gasteiger partial charge in [-0.2, -0.15) is 0 Å². The van der Waals surface area contributed by atoms with Crippen LogP contribution in [0.2, 0.25) is 0 Å². The predicted molar refractivity (Wildman–Crippen MR) is 49.1 cm³/mol. The van der Waals surface area contributed by atoms with E-state index >= 15 is 0 Å². The summed E-state index contributed by atoms with van der Waals surface area (Å²) in [6, 6.07) is 0. The van der Waals surface area contributed by atoms with Crippen molar-refractivity contribution in [3.05, 3.63) is 17.7 Å². The van der Waals surface area contributed by atoms with Crippen LogP contribution in [-0.4, -0.2) is 9.55 Å². The van der Waals surface area contributed by atoms with Crippen LogP contribution in [0.5, 0.6) is 0 Å². The van der Waals surface area contributed by atoms with E-state index in [0.29, 0.717) is 0 Å². The number of hydrogen-bond donors (Lipinski definition) is 0. The van der Waals surface area contributed by atoms with Crippen LogP contribution in [0.3, 0.4) is 0 Å². The van der Waals surface area contributed by atoms with E-state index in [1.54, 1.807) is 0 Å². The van der Waals surface area contributed by atoms with Gasteiger partial charge in [0, 0.05) is 24.9 Å². The Kier molecular flexibility index (Phi) is 1.91. The van der Waals surface area contributed by atoms with Crippen LogP contribution in [0, 0.1) is 5.92 Å². The van der Waals surface area contributed by atoms with Gasteiger partial charge in [-0.25, -0.2) is 4.98 Å². The van der Waals surface area contributed by atoms with Crippen molar-refractivity contribution in [2.24, 2.45) is 5.92 Å². The number of aromatic nitrogens is 2. The van der Waals surface area contributed by atoms with E-state index in [1.807, 2.05) is 0 Å². The summed E-state index contributed by atoms with van der Waals surface area (Å²) in [6.07, 6.45) is 5.69. The molecule has 2 rings (SSSR count). The standard InChI is InChI=1S/C10H16N2/c1-8(2)6-9-7-11-10-4-3-5-12(9)10/h7-8H,3-6H2,1-2H3. The van der Waals surface area contributed by atoms with Gasteiger partial charge in [-0.15, -0.1) is 0 Å². The molecule has 0 spiro atoms. The van der Waals surface area contributed by atoms with Crippen LogP contribution in [0.1, 0.15) is 31.8 Å².